The van der Waals surface area contributed by atoms with E-state index < -0.39 is 30.3 Å². The van der Waals surface area contributed by atoms with Gasteiger partial charge in [0.25, 0.3) is 0 Å². The van der Waals surface area contributed by atoms with Gasteiger partial charge in [-0.05, 0) is 53.4 Å². The third-order valence-electron chi connectivity index (χ3n) is 5.64. The molecule has 0 spiro atoms. The van der Waals surface area contributed by atoms with Gasteiger partial charge in [-0.25, -0.2) is 5.01 Å². The maximum atomic E-state index is 14.6. The summed E-state index contributed by atoms with van der Waals surface area (Å²) in [7, 11) is 0. The number of hydrazone groups is 1. The van der Waals surface area contributed by atoms with Gasteiger partial charge in [0.05, 0.1) is 11.8 Å². The normalized spacial score (nSPS) is 15.7. The number of benzene rings is 2. The van der Waals surface area contributed by atoms with Gasteiger partial charge in [-0.15, -0.1) is 0 Å². The summed E-state index contributed by atoms with van der Waals surface area (Å²) >= 11 is 12.0. The number of aryl methyl sites for hydroxylation is 1. The molecule has 1 aliphatic heterocycles. The SMILES string of the molecule is Cc1cncc(C2=NN(C(=O)C(F)(F)CC(=O)O)C(c3ccc(Cl)cc3)C2)c1-c1ccc(Cl)cc1. The molecule has 2 aromatic carbocycles. The number of aliphatic carboxylic acids is 1. The zero-order valence-corrected chi connectivity index (χ0v) is 19.9. The first-order valence-corrected chi connectivity index (χ1v) is 11.3. The smallest absolute Gasteiger partial charge is 0.337 e. The van der Waals surface area contributed by atoms with Crippen molar-refractivity contribution in [2.75, 3.05) is 0 Å². The van der Waals surface area contributed by atoms with Crippen molar-refractivity contribution in [3.8, 4) is 11.1 Å². The summed E-state index contributed by atoms with van der Waals surface area (Å²) in [5.74, 6) is -7.62. The van der Waals surface area contributed by atoms with Crippen molar-refractivity contribution in [3.63, 3.8) is 0 Å². The number of rotatable bonds is 6. The van der Waals surface area contributed by atoms with Gasteiger partial charge >= 0.3 is 17.8 Å². The molecule has 0 saturated carbocycles. The summed E-state index contributed by atoms with van der Waals surface area (Å²) < 4.78 is 29.1. The highest BCUT2D eigenvalue weighted by molar-refractivity contribution is 6.30. The zero-order valence-electron chi connectivity index (χ0n) is 18.4. The van der Waals surface area contributed by atoms with Crippen molar-refractivity contribution >= 4 is 40.8 Å². The Labute approximate surface area is 209 Å². The molecule has 1 N–H and O–H groups in total. The van der Waals surface area contributed by atoms with Crippen molar-refractivity contribution in [2.24, 2.45) is 5.10 Å². The standard InChI is InChI=1S/C25H19Cl2F2N3O3/c1-14-12-30-13-19(23(14)16-4-8-18(27)9-5-16)20-10-21(15-2-6-17(26)7-3-15)32(31-20)24(35)25(28,29)11-22(33)34/h2-9,12-13,21H,10-11H2,1H3,(H,33,34). The molecule has 1 atom stereocenters. The molecule has 1 unspecified atom stereocenters. The number of amides is 1. The van der Waals surface area contributed by atoms with Crippen molar-refractivity contribution in [1.29, 1.82) is 0 Å². The van der Waals surface area contributed by atoms with Crippen LogP contribution in [-0.4, -0.2) is 38.6 Å². The number of alkyl halides is 2. The van der Waals surface area contributed by atoms with Crippen LogP contribution < -0.4 is 0 Å². The lowest BCUT2D eigenvalue weighted by Gasteiger charge is -2.25. The largest absolute Gasteiger partial charge is 0.481 e. The van der Waals surface area contributed by atoms with Crippen LogP contribution in [0, 0.1) is 6.92 Å². The monoisotopic (exact) mass is 517 g/mol. The van der Waals surface area contributed by atoms with E-state index in [9.17, 15) is 18.4 Å². The van der Waals surface area contributed by atoms with E-state index in [1.807, 2.05) is 19.1 Å². The van der Waals surface area contributed by atoms with Gasteiger partial charge in [-0.2, -0.15) is 13.9 Å². The summed E-state index contributed by atoms with van der Waals surface area (Å²) in [6, 6.07) is 12.6. The first kappa shape index (κ1) is 24.8. The fourth-order valence-corrected chi connectivity index (χ4v) is 4.27. The molecule has 1 aliphatic rings. The van der Waals surface area contributed by atoms with Crippen LogP contribution in [0.1, 0.15) is 35.6 Å². The number of nitrogens with zero attached hydrogens (tertiary/aromatic N) is 3. The molecule has 0 bridgehead atoms. The second-order valence-electron chi connectivity index (χ2n) is 8.13. The maximum absolute atomic E-state index is 14.6. The summed E-state index contributed by atoms with van der Waals surface area (Å²) in [5, 5.41) is 14.8. The number of carbonyl (C=O) groups excluding carboxylic acids is 1. The number of carbonyl (C=O) groups is 2. The fourth-order valence-electron chi connectivity index (χ4n) is 4.02. The Morgan fingerprint density at radius 3 is 2.26 bits per heavy atom. The van der Waals surface area contributed by atoms with E-state index >= 15 is 0 Å². The van der Waals surface area contributed by atoms with Crippen molar-refractivity contribution in [1.82, 2.24) is 9.99 Å². The summed E-state index contributed by atoms with van der Waals surface area (Å²) in [6.07, 6.45) is 1.71. The van der Waals surface area contributed by atoms with E-state index in [2.05, 4.69) is 10.1 Å². The maximum Gasteiger partial charge on any atom is 0.337 e. The quantitative estimate of drug-likeness (QED) is 0.424. The molecule has 1 aromatic heterocycles. The minimum absolute atomic E-state index is 0.113. The molecule has 0 saturated heterocycles. The fraction of sp³-hybridized carbons (Fsp3) is 0.200. The highest BCUT2D eigenvalue weighted by atomic mass is 35.5. The van der Waals surface area contributed by atoms with Gasteiger partial charge in [0.1, 0.15) is 6.42 Å². The predicted molar refractivity (Wildman–Crippen MR) is 129 cm³/mol. The Morgan fingerprint density at radius 2 is 1.66 bits per heavy atom. The highest BCUT2D eigenvalue weighted by Gasteiger charge is 2.48. The van der Waals surface area contributed by atoms with Crippen LogP contribution in [0.4, 0.5) is 8.78 Å². The average molecular weight is 518 g/mol. The first-order chi connectivity index (χ1) is 16.6. The Morgan fingerprint density at radius 1 is 1.06 bits per heavy atom. The van der Waals surface area contributed by atoms with Crippen LogP contribution in [0.3, 0.4) is 0 Å². The van der Waals surface area contributed by atoms with Gasteiger partial charge in [0.2, 0.25) is 0 Å². The second-order valence-corrected chi connectivity index (χ2v) is 9.00. The lowest BCUT2D eigenvalue weighted by molar-refractivity contribution is -0.167. The van der Waals surface area contributed by atoms with Gasteiger partial charge in [-0.1, -0.05) is 47.5 Å². The molecule has 35 heavy (non-hydrogen) atoms. The number of hydrogen-bond donors (Lipinski definition) is 1. The van der Waals surface area contributed by atoms with Crippen LogP contribution in [0.5, 0.6) is 0 Å². The summed E-state index contributed by atoms with van der Waals surface area (Å²) in [5.41, 5.74) is 3.87. The number of hydrogen-bond acceptors (Lipinski definition) is 4. The molecule has 0 radical (unpaired) electrons. The minimum Gasteiger partial charge on any atom is -0.481 e. The van der Waals surface area contributed by atoms with E-state index in [0.29, 0.717) is 31.9 Å². The Hall–Kier alpha value is -3.36. The summed E-state index contributed by atoms with van der Waals surface area (Å²) in [4.78, 5) is 28.0. The van der Waals surface area contributed by atoms with Crippen LogP contribution >= 0.6 is 23.2 Å². The van der Waals surface area contributed by atoms with E-state index in [1.54, 1.807) is 48.8 Å². The third kappa shape index (κ3) is 5.18. The molecule has 1 amide bonds. The summed E-state index contributed by atoms with van der Waals surface area (Å²) in [6.45, 7) is 1.86. The molecule has 180 valence electrons. The van der Waals surface area contributed by atoms with Crippen molar-refractivity contribution in [2.45, 2.75) is 31.7 Å². The molecule has 0 aliphatic carbocycles. The molecular formula is C25H19Cl2F2N3O3. The van der Waals surface area contributed by atoms with Crippen LogP contribution in [0.15, 0.2) is 66.0 Å². The lowest BCUT2D eigenvalue weighted by Crippen LogP contribution is -2.42. The van der Waals surface area contributed by atoms with E-state index in [0.717, 1.165) is 16.7 Å². The minimum atomic E-state index is -4.14. The number of carboxylic acids is 1. The van der Waals surface area contributed by atoms with Gasteiger partial charge in [0.15, 0.2) is 0 Å². The topological polar surface area (TPSA) is 82.9 Å². The predicted octanol–water partition coefficient (Wildman–Crippen LogP) is 6.15. The Bertz CT molecular complexity index is 1310. The Kier molecular flexibility index (Phi) is 6.87. The number of halogens is 4. The highest BCUT2D eigenvalue weighted by Crippen LogP contribution is 2.39. The number of carboxylic acid groups (broad SMARTS) is 1. The number of aromatic nitrogens is 1. The second kappa shape index (κ2) is 9.71. The number of pyridine rings is 1. The molecule has 6 nitrogen and oxygen atoms in total. The third-order valence-corrected chi connectivity index (χ3v) is 6.14. The van der Waals surface area contributed by atoms with Crippen LogP contribution in [-0.2, 0) is 9.59 Å². The van der Waals surface area contributed by atoms with Gasteiger partial charge in [0, 0.05) is 34.4 Å². The lowest BCUT2D eigenvalue weighted by atomic mass is 9.91. The molecule has 4 rings (SSSR count). The Balaban J connectivity index is 1.81. The van der Waals surface area contributed by atoms with Crippen LogP contribution in [0.2, 0.25) is 10.0 Å². The molecular weight excluding hydrogens is 499 g/mol. The average Bonchev–Trinajstić information content (AvgIpc) is 3.24. The van der Waals surface area contributed by atoms with Gasteiger partial charge < -0.3 is 5.11 Å². The van der Waals surface area contributed by atoms with E-state index in [4.69, 9.17) is 28.3 Å². The van der Waals surface area contributed by atoms with Crippen molar-refractivity contribution < 1.29 is 23.5 Å². The van der Waals surface area contributed by atoms with Crippen LogP contribution in [0.25, 0.3) is 11.1 Å². The molecule has 0 fully saturated rings. The molecule has 2 heterocycles. The van der Waals surface area contributed by atoms with E-state index in [1.165, 1.54) is 0 Å². The zero-order chi connectivity index (χ0) is 25.3. The van der Waals surface area contributed by atoms with Crippen molar-refractivity contribution in [3.05, 3.63) is 87.7 Å². The molecule has 3 aromatic rings. The van der Waals surface area contributed by atoms with Gasteiger partial charge in [-0.3, -0.25) is 14.6 Å². The molecule has 10 heteroatoms. The van der Waals surface area contributed by atoms with E-state index in [-0.39, 0.29) is 6.42 Å². The first-order valence-electron chi connectivity index (χ1n) is 10.5.